The number of likely N-dealkylation sites (tertiary alicyclic amines) is 1. The lowest BCUT2D eigenvalue weighted by Gasteiger charge is -2.30. The van der Waals surface area contributed by atoms with E-state index in [0.29, 0.717) is 12.5 Å². The smallest absolute Gasteiger partial charge is 0.407 e. The van der Waals surface area contributed by atoms with Gasteiger partial charge in [-0.15, -0.1) is 6.58 Å². The molecule has 0 radical (unpaired) electrons. The van der Waals surface area contributed by atoms with Crippen LogP contribution in [-0.2, 0) is 16.0 Å². The maximum absolute atomic E-state index is 13.1. The zero-order valence-electron chi connectivity index (χ0n) is 24.4. The third kappa shape index (κ3) is 8.61. The molecule has 0 bridgehead atoms. The van der Waals surface area contributed by atoms with Crippen LogP contribution in [0.2, 0.25) is 0 Å². The zero-order valence-corrected chi connectivity index (χ0v) is 24.4. The van der Waals surface area contributed by atoms with Gasteiger partial charge in [0.15, 0.2) is 0 Å². The van der Waals surface area contributed by atoms with E-state index in [1.165, 1.54) is 11.1 Å². The van der Waals surface area contributed by atoms with Crippen LogP contribution in [-0.4, -0.2) is 47.7 Å². The molecule has 2 fully saturated rings. The number of nitrogens with one attached hydrogen (secondary N) is 1. The van der Waals surface area contributed by atoms with Crippen LogP contribution in [0.25, 0.3) is 0 Å². The first kappa shape index (κ1) is 29.7. The third-order valence-corrected chi connectivity index (χ3v) is 8.03. The average Bonchev–Trinajstić information content (AvgIpc) is 3.22. The Labute approximate surface area is 240 Å². The van der Waals surface area contributed by atoms with Gasteiger partial charge in [-0.05, 0) is 101 Å². The Morgan fingerprint density at radius 1 is 1.05 bits per heavy atom. The molecule has 1 aliphatic heterocycles. The standard InChI is InChI=1S/C34H46N2O4/c1-5-10-28-23-30(36(32(28)37)22-9-13-25-11-7-6-8-12-25)24-39-31-20-16-27(17-21-31)26-14-18-29(19-15-26)35-33(38)40-34(2,3)4/h5-8,11-12,16-17,20-21,26,28-30H,1,9-10,13-15,18-19,22-24H2,2-4H3,(H,35,38)/t26-,28-,29-,30+/m1/s1. The summed E-state index contributed by atoms with van der Waals surface area (Å²) in [7, 11) is 0. The van der Waals surface area contributed by atoms with Crippen molar-refractivity contribution in [3.63, 3.8) is 0 Å². The van der Waals surface area contributed by atoms with E-state index in [2.05, 4.69) is 60.4 Å². The van der Waals surface area contributed by atoms with E-state index in [1.807, 2.05) is 37.8 Å². The number of carbonyl (C=O) groups is 2. The molecule has 2 aromatic carbocycles. The Hall–Kier alpha value is -3.28. The van der Waals surface area contributed by atoms with Crippen molar-refractivity contribution in [2.45, 2.75) is 95.7 Å². The summed E-state index contributed by atoms with van der Waals surface area (Å²) in [6, 6.07) is 19.1. The average molecular weight is 547 g/mol. The molecule has 2 amide bonds. The quantitative estimate of drug-likeness (QED) is 0.307. The Bertz CT molecular complexity index is 1100. The topological polar surface area (TPSA) is 67.9 Å². The van der Waals surface area contributed by atoms with Crippen LogP contribution < -0.4 is 10.1 Å². The third-order valence-electron chi connectivity index (χ3n) is 8.03. The number of carbonyl (C=O) groups excluding carboxylic acids is 2. The fourth-order valence-electron chi connectivity index (χ4n) is 5.99. The number of aryl methyl sites for hydroxylation is 1. The highest BCUT2D eigenvalue weighted by atomic mass is 16.6. The van der Waals surface area contributed by atoms with E-state index in [-0.39, 0.29) is 30.0 Å². The summed E-state index contributed by atoms with van der Waals surface area (Å²) < 4.78 is 11.6. The number of nitrogens with zero attached hydrogens (tertiary/aromatic N) is 1. The number of amides is 2. The lowest BCUT2D eigenvalue weighted by atomic mass is 9.82. The molecule has 6 nitrogen and oxygen atoms in total. The maximum Gasteiger partial charge on any atom is 0.407 e. The highest BCUT2D eigenvalue weighted by Gasteiger charge is 2.38. The van der Waals surface area contributed by atoms with Crippen LogP contribution in [0.15, 0.2) is 67.3 Å². The summed E-state index contributed by atoms with van der Waals surface area (Å²) in [4.78, 5) is 27.3. The van der Waals surface area contributed by atoms with Crippen LogP contribution in [0.5, 0.6) is 5.75 Å². The van der Waals surface area contributed by atoms with Crippen LogP contribution in [0.1, 0.15) is 82.8 Å². The van der Waals surface area contributed by atoms with Crippen molar-refractivity contribution in [2.24, 2.45) is 5.92 Å². The van der Waals surface area contributed by atoms with Crippen molar-refractivity contribution in [1.29, 1.82) is 0 Å². The summed E-state index contributed by atoms with van der Waals surface area (Å²) >= 11 is 0. The number of alkyl carbamates (subject to hydrolysis) is 1. The predicted molar refractivity (Wildman–Crippen MR) is 159 cm³/mol. The molecular weight excluding hydrogens is 500 g/mol. The van der Waals surface area contributed by atoms with Crippen molar-refractivity contribution in [3.05, 3.63) is 78.4 Å². The first-order chi connectivity index (χ1) is 19.2. The van der Waals surface area contributed by atoms with Gasteiger partial charge in [0.05, 0.1) is 6.04 Å². The minimum absolute atomic E-state index is 0.00476. The molecule has 2 aliphatic rings. The van der Waals surface area contributed by atoms with Crippen molar-refractivity contribution < 1.29 is 19.1 Å². The Kier molecular flexibility index (Phi) is 10.3. The molecule has 0 spiro atoms. The monoisotopic (exact) mass is 546 g/mol. The van der Waals surface area contributed by atoms with Gasteiger partial charge in [-0.1, -0.05) is 48.5 Å². The number of allylic oxidation sites excluding steroid dienone is 1. The van der Waals surface area contributed by atoms with Gasteiger partial charge in [-0.25, -0.2) is 4.79 Å². The van der Waals surface area contributed by atoms with Crippen molar-refractivity contribution >= 4 is 12.0 Å². The molecule has 2 atom stereocenters. The SMILES string of the molecule is C=CC[C@@H]1C[C@@H](COc2ccc([C@H]3CC[C@H](NC(=O)OC(C)(C)C)CC3)cc2)N(CCCc2ccccc2)C1=O. The number of ether oxygens (including phenoxy) is 2. The lowest BCUT2D eigenvalue weighted by Crippen LogP contribution is -2.40. The first-order valence-electron chi connectivity index (χ1n) is 14.9. The van der Waals surface area contributed by atoms with Gasteiger partial charge in [-0.3, -0.25) is 4.79 Å². The molecule has 1 heterocycles. The van der Waals surface area contributed by atoms with Crippen LogP contribution in [0.3, 0.4) is 0 Å². The summed E-state index contributed by atoms with van der Waals surface area (Å²) in [5, 5.41) is 3.02. The summed E-state index contributed by atoms with van der Waals surface area (Å²) in [5.74, 6) is 1.56. The molecule has 6 heteroatoms. The highest BCUT2D eigenvalue weighted by molar-refractivity contribution is 5.81. The Balaban J connectivity index is 1.25. The Morgan fingerprint density at radius 3 is 2.40 bits per heavy atom. The molecule has 4 rings (SSSR count). The number of benzene rings is 2. The molecule has 1 N–H and O–H groups in total. The number of rotatable bonds is 11. The van der Waals surface area contributed by atoms with Gasteiger partial charge < -0.3 is 19.7 Å². The Morgan fingerprint density at radius 2 is 1.75 bits per heavy atom. The lowest BCUT2D eigenvalue weighted by molar-refractivity contribution is -0.132. The van der Waals surface area contributed by atoms with Crippen molar-refractivity contribution in [1.82, 2.24) is 10.2 Å². The van der Waals surface area contributed by atoms with Gasteiger partial charge >= 0.3 is 6.09 Å². The number of hydrogen-bond acceptors (Lipinski definition) is 4. The summed E-state index contributed by atoms with van der Waals surface area (Å²) in [5.41, 5.74) is 2.14. The largest absolute Gasteiger partial charge is 0.491 e. The molecule has 1 aliphatic carbocycles. The molecule has 0 aromatic heterocycles. The number of hydrogen-bond donors (Lipinski definition) is 1. The van der Waals surface area contributed by atoms with Gasteiger partial charge in [0, 0.05) is 18.5 Å². The normalized spacial score (nSPS) is 23.1. The molecule has 216 valence electrons. The minimum atomic E-state index is -0.480. The van der Waals surface area contributed by atoms with Gasteiger partial charge in [0.2, 0.25) is 5.91 Å². The second-order valence-corrected chi connectivity index (χ2v) is 12.3. The van der Waals surface area contributed by atoms with Crippen LogP contribution in [0.4, 0.5) is 4.79 Å². The van der Waals surface area contributed by atoms with Gasteiger partial charge in [0.25, 0.3) is 0 Å². The first-order valence-corrected chi connectivity index (χ1v) is 14.9. The van der Waals surface area contributed by atoms with E-state index in [1.54, 1.807) is 0 Å². The minimum Gasteiger partial charge on any atom is -0.491 e. The zero-order chi connectivity index (χ0) is 28.5. The van der Waals surface area contributed by atoms with E-state index in [4.69, 9.17) is 9.47 Å². The summed E-state index contributed by atoms with van der Waals surface area (Å²) in [6.07, 6.45) is 8.93. The predicted octanol–water partition coefficient (Wildman–Crippen LogP) is 7.04. The van der Waals surface area contributed by atoms with Crippen molar-refractivity contribution in [3.8, 4) is 5.75 Å². The van der Waals surface area contributed by atoms with Gasteiger partial charge in [-0.2, -0.15) is 0 Å². The van der Waals surface area contributed by atoms with E-state index in [9.17, 15) is 9.59 Å². The fraction of sp³-hybridized carbons (Fsp3) is 0.529. The molecule has 2 aromatic rings. The van der Waals surface area contributed by atoms with E-state index < -0.39 is 5.60 Å². The second kappa shape index (κ2) is 13.9. The molecular formula is C34H46N2O4. The molecule has 0 unspecified atom stereocenters. The highest BCUT2D eigenvalue weighted by Crippen LogP contribution is 2.34. The van der Waals surface area contributed by atoms with Crippen LogP contribution in [0, 0.1) is 5.92 Å². The molecule has 1 saturated carbocycles. The van der Waals surface area contributed by atoms with E-state index >= 15 is 0 Å². The van der Waals surface area contributed by atoms with Crippen molar-refractivity contribution in [2.75, 3.05) is 13.2 Å². The molecule has 1 saturated heterocycles. The second-order valence-electron chi connectivity index (χ2n) is 12.3. The summed E-state index contributed by atoms with van der Waals surface area (Å²) in [6.45, 7) is 10.8. The maximum atomic E-state index is 13.1. The van der Waals surface area contributed by atoms with E-state index in [0.717, 1.165) is 63.7 Å². The van der Waals surface area contributed by atoms with Gasteiger partial charge in [0.1, 0.15) is 18.0 Å². The molecule has 40 heavy (non-hydrogen) atoms. The fourth-order valence-corrected chi connectivity index (χ4v) is 5.99. The van der Waals surface area contributed by atoms with Crippen LogP contribution >= 0.6 is 0 Å².